The minimum absolute atomic E-state index is 0.614. The minimum Gasteiger partial charge on any atom is -0.493 e. The summed E-state index contributed by atoms with van der Waals surface area (Å²) < 4.78 is 5.73. The van der Waals surface area contributed by atoms with Crippen LogP contribution in [0.25, 0.3) is 11.1 Å². The standard InChI is InChI=1S/C16H18N2O2/c1-3-7-20-15-6-5-12(11-19)8-14(15)13-9-17-16(4-2)18-10-13/h5-6,8-11H,3-4,7H2,1-2H3. The minimum atomic E-state index is 0.614. The van der Waals surface area contributed by atoms with Crippen molar-refractivity contribution in [2.45, 2.75) is 26.7 Å². The lowest BCUT2D eigenvalue weighted by Crippen LogP contribution is -1.99. The Kier molecular flexibility index (Phi) is 4.82. The zero-order valence-corrected chi connectivity index (χ0v) is 11.8. The smallest absolute Gasteiger partial charge is 0.150 e. The Labute approximate surface area is 118 Å². The highest BCUT2D eigenvalue weighted by atomic mass is 16.5. The first kappa shape index (κ1) is 14.2. The van der Waals surface area contributed by atoms with E-state index in [-0.39, 0.29) is 0 Å². The molecule has 20 heavy (non-hydrogen) atoms. The molecule has 1 aromatic heterocycles. The Hall–Kier alpha value is -2.23. The van der Waals surface area contributed by atoms with Crippen LogP contribution in [0.4, 0.5) is 0 Å². The third-order valence-electron chi connectivity index (χ3n) is 2.93. The van der Waals surface area contributed by atoms with Gasteiger partial charge >= 0.3 is 0 Å². The molecule has 0 bridgehead atoms. The second-order valence-corrected chi connectivity index (χ2v) is 4.46. The molecule has 0 saturated carbocycles. The molecule has 0 aliphatic rings. The molecule has 2 aromatic rings. The van der Waals surface area contributed by atoms with Crippen molar-refractivity contribution in [2.24, 2.45) is 0 Å². The molecule has 0 amide bonds. The van der Waals surface area contributed by atoms with Crippen LogP contribution in [-0.4, -0.2) is 22.9 Å². The second-order valence-electron chi connectivity index (χ2n) is 4.46. The molecular formula is C16H18N2O2. The number of nitrogens with zero attached hydrogens (tertiary/aromatic N) is 2. The third-order valence-corrected chi connectivity index (χ3v) is 2.93. The Morgan fingerprint density at radius 1 is 1.20 bits per heavy atom. The summed E-state index contributed by atoms with van der Waals surface area (Å²) in [5, 5.41) is 0. The number of ether oxygens (including phenoxy) is 1. The van der Waals surface area contributed by atoms with Gasteiger partial charge in [-0.15, -0.1) is 0 Å². The van der Waals surface area contributed by atoms with E-state index in [4.69, 9.17) is 4.74 Å². The molecule has 104 valence electrons. The summed E-state index contributed by atoms with van der Waals surface area (Å²) in [5.41, 5.74) is 2.33. The number of carbonyl (C=O) groups is 1. The van der Waals surface area contributed by atoms with Crippen LogP contribution in [0, 0.1) is 0 Å². The zero-order valence-electron chi connectivity index (χ0n) is 11.8. The van der Waals surface area contributed by atoms with Crippen molar-refractivity contribution in [3.63, 3.8) is 0 Å². The van der Waals surface area contributed by atoms with Gasteiger partial charge < -0.3 is 4.74 Å². The van der Waals surface area contributed by atoms with Gasteiger partial charge in [0.1, 0.15) is 17.9 Å². The van der Waals surface area contributed by atoms with Crippen LogP contribution in [0.3, 0.4) is 0 Å². The van der Waals surface area contributed by atoms with Gasteiger partial charge in [0.05, 0.1) is 6.61 Å². The molecule has 0 radical (unpaired) electrons. The van der Waals surface area contributed by atoms with Gasteiger partial charge in [-0.1, -0.05) is 13.8 Å². The van der Waals surface area contributed by atoms with Gasteiger partial charge in [0, 0.05) is 35.5 Å². The molecule has 0 unspecified atom stereocenters. The van der Waals surface area contributed by atoms with E-state index in [2.05, 4.69) is 16.9 Å². The second kappa shape index (κ2) is 6.80. The average Bonchev–Trinajstić information content (AvgIpc) is 2.53. The van der Waals surface area contributed by atoms with E-state index in [9.17, 15) is 4.79 Å². The lowest BCUT2D eigenvalue weighted by molar-refractivity contribution is 0.112. The van der Waals surface area contributed by atoms with Crippen LogP contribution in [0.1, 0.15) is 36.5 Å². The number of benzene rings is 1. The molecule has 0 saturated heterocycles. The quantitative estimate of drug-likeness (QED) is 0.756. The molecule has 0 atom stereocenters. The number of aryl methyl sites for hydroxylation is 1. The van der Waals surface area contributed by atoms with Crippen LogP contribution in [-0.2, 0) is 6.42 Å². The highest BCUT2D eigenvalue weighted by Gasteiger charge is 2.09. The molecule has 4 nitrogen and oxygen atoms in total. The molecule has 1 heterocycles. The molecule has 4 heteroatoms. The third kappa shape index (κ3) is 3.20. The Morgan fingerprint density at radius 2 is 1.95 bits per heavy atom. The molecule has 0 N–H and O–H groups in total. The first-order valence-corrected chi connectivity index (χ1v) is 6.81. The summed E-state index contributed by atoms with van der Waals surface area (Å²) in [6, 6.07) is 5.38. The number of aldehydes is 1. The molecule has 2 rings (SSSR count). The normalized spacial score (nSPS) is 10.3. The maximum absolute atomic E-state index is 10.9. The number of carbonyl (C=O) groups excluding carboxylic acids is 1. The fourth-order valence-corrected chi connectivity index (χ4v) is 1.86. The van der Waals surface area contributed by atoms with E-state index in [1.165, 1.54) is 0 Å². The molecule has 0 aliphatic carbocycles. The van der Waals surface area contributed by atoms with E-state index in [1.54, 1.807) is 18.5 Å². The maximum atomic E-state index is 10.9. The van der Waals surface area contributed by atoms with Gasteiger partial charge in [0.2, 0.25) is 0 Å². The van der Waals surface area contributed by atoms with E-state index in [0.29, 0.717) is 12.2 Å². The monoisotopic (exact) mass is 270 g/mol. The summed E-state index contributed by atoms with van der Waals surface area (Å²) in [7, 11) is 0. The average molecular weight is 270 g/mol. The number of rotatable bonds is 6. The summed E-state index contributed by atoms with van der Waals surface area (Å²) in [5.74, 6) is 1.56. The Balaban J connectivity index is 2.41. The van der Waals surface area contributed by atoms with Crippen LogP contribution in [0.2, 0.25) is 0 Å². The molecular weight excluding hydrogens is 252 g/mol. The summed E-state index contributed by atoms with van der Waals surface area (Å²) >= 11 is 0. The largest absolute Gasteiger partial charge is 0.493 e. The van der Waals surface area contributed by atoms with E-state index in [0.717, 1.165) is 41.8 Å². The van der Waals surface area contributed by atoms with Gasteiger partial charge in [0.25, 0.3) is 0 Å². The van der Waals surface area contributed by atoms with Crippen LogP contribution >= 0.6 is 0 Å². The van der Waals surface area contributed by atoms with Crippen molar-refractivity contribution < 1.29 is 9.53 Å². The van der Waals surface area contributed by atoms with Gasteiger partial charge in [-0.3, -0.25) is 4.79 Å². The van der Waals surface area contributed by atoms with Crippen LogP contribution < -0.4 is 4.74 Å². The fraction of sp³-hybridized carbons (Fsp3) is 0.312. The SMILES string of the molecule is CCCOc1ccc(C=O)cc1-c1cnc(CC)nc1. The maximum Gasteiger partial charge on any atom is 0.150 e. The van der Waals surface area contributed by atoms with Gasteiger partial charge in [-0.25, -0.2) is 9.97 Å². The topological polar surface area (TPSA) is 52.1 Å². The van der Waals surface area contributed by atoms with Crippen molar-refractivity contribution in [1.29, 1.82) is 0 Å². The summed E-state index contributed by atoms with van der Waals surface area (Å²) in [6.07, 6.45) is 6.10. The van der Waals surface area contributed by atoms with Gasteiger partial charge in [-0.2, -0.15) is 0 Å². The van der Waals surface area contributed by atoms with Crippen molar-refractivity contribution in [2.75, 3.05) is 6.61 Å². The summed E-state index contributed by atoms with van der Waals surface area (Å²) in [6.45, 7) is 4.71. The van der Waals surface area contributed by atoms with Gasteiger partial charge in [-0.05, 0) is 24.6 Å². The Morgan fingerprint density at radius 3 is 2.55 bits per heavy atom. The van der Waals surface area contributed by atoms with E-state index in [1.807, 2.05) is 19.1 Å². The molecule has 1 aromatic carbocycles. The Bertz CT molecular complexity index is 580. The van der Waals surface area contributed by atoms with Crippen molar-refractivity contribution in [1.82, 2.24) is 9.97 Å². The van der Waals surface area contributed by atoms with Gasteiger partial charge in [0.15, 0.2) is 0 Å². The van der Waals surface area contributed by atoms with Crippen molar-refractivity contribution in [3.8, 4) is 16.9 Å². The van der Waals surface area contributed by atoms with E-state index >= 15 is 0 Å². The first-order chi connectivity index (χ1) is 9.78. The molecule has 0 aliphatic heterocycles. The number of hydrogen-bond donors (Lipinski definition) is 0. The van der Waals surface area contributed by atoms with E-state index < -0.39 is 0 Å². The lowest BCUT2D eigenvalue weighted by atomic mass is 10.0. The number of hydrogen-bond acceptors (Lipinski definition) is 4. The lowest BCUT2D eigenvalue weighted by Gasteiger charge is -2.11. The first-order valence-electron chi connectivity index (χ1n) is 6.81. The predicted octanol–water partition coefficient (Wildman–Crippen LogP) is 3.31. The van der Waals surface area contributed by atoms with Crippen LogP contribution in [0.15, 0.2) is 30.6 Å². The zero-order chi connectivity index (χ0) is 14.4. The predicted molar refractivity (Wildman–Crippen MR) is 78.0 cm³/mol. The summed E-state index contributed by atoms with van der Waals surface area (Å²) in [4.78, 5) is 19.5. The van der Waals surface area contributed by atoms with Crippen molar-refractivity contribution in [3.05, 3.63) is 42.0 Å². The van der Waals surface area contributed by atoms with Crippen molar-refractivity contribution >= 4 is 6.29 Å². The fourth-order valence-electron chi connectivity index (χ4n) is 1.86. The highest BCUT2D eigenvalue weighted by Crippen LogP contribution is 2.30. The molecule has 0 fully saturated rings. The molecule has 0 spiro atoms. The highest BCUT2D eigenvalue weighted by molar-refractivity contribution is 5.81. The van der Waals surface area contributed by atoms with Crippen LogP contribution in [0.5, 0.6) is 5.75 Å². The number of aromatic nitrogens is 2.